The van der Waals surface area contributed by atoms with E-state index in [-0.39, 0.29) is 24.2 Å². The molecule has 0 aliphatic carbocycles. The third-order valence-corrected chi connectivity index (χ3v) is 9.03. The van der Waals surface area contributed by atoms with E-state index in [1.807, 2.05) is 26.0 Å². The van der Waals surface area contributed by atoms with Crippen LogP contribution in [-0.4, -0.2) is 85.5 Å². The smallest absolute Gasteiger partial charge is 0.251 e. The first-order chi connectivity index (χ1) is 23.1. The Morgan fingerprint density at radius 3 is 2.31 bits per heavy atom. The highest BCUT2D eigenvalue weighted by atomic mass is 16.5. The number of methoxy groups -OCH3 is 1. The molecule has 5 atom stereocenters. The molecule has 12 nitrogen and oxygen atoms in total. The van der Waals surface area contributed by atoms with Crippen molar-refractivity contribution in [2.24, 2.45) is 5.92 Å². The van der Waals surface area contributed by atoms with Gasteiger partial charge in [-0.3, -0.25) is 24.0 Å². The largest absolute Gasteiger partial charge is 0.497 e. The molecule has 2 bridgehead atoms. The number of benzene rings is 2. The summed E-state index contributed by atoms with van der Waals surface area (Å²) >= 11 is 0. The highest BCUT2D eigenvalue weighted by Gasteiger charge is 2.32. The highest BCUT2D eigenvalue weighted by molar-refractivity contribution is 5.99. The quantitative estimate of drug-likeness (QED) is 0.346. The van der Waals surface area contributed by atoms with Gasteiger partial charge in [0.05, 0.1) is 7.11 Å². The van der Waals surface area contributed by atoms with E-state index < -0.39 is 42.0 Å². The van der Waals surface area contributed by atoms with Crippen molar-refractivity contribution in [3.05, 3.63) is 65.2 Å². The van der Waals surface area contributed by atoms with Crippen molar-refractivity contribution in [3.63, 3.8) is 0 Å². The topological polar surface area (TPSA) is 155 Å². The van der Waals surface area contributed by atoms with Gasteiger partial charge in [0.15, 0.2) is 0 Å². The Bertz CT molecular complexity index is 1410. The molecule has 5 rings (SSSR count). The summed E-state index contributed by atoms with van der Waals surface area (Å²) in [7, 11) is 1.56. The molecule has 12 heteroatoms. The Kier molecular flexibility index (Phi) is 13.4. The van der Waals surface area contributed by atoms with Crippen molar-refractivity contribution in [3.8, 4) is 5.75 Å². The van der Waals surface area contributed by atoms with Gasteiger partial charge in [-0.2, -0.15) is 0 Å². The molecular formula is C36H49N5O7. The summed E-state index contributed by atoms with van der Waals surface area (Å²) in [5, 5.41) is 11.3. The molecule has 48 heavy (non-hydrogen) atoms. The maximum atomic E-state index is 13.8. The fourth-order valence-electron chi connectivity index (χ4n) is 5.79. The number of amides is 5. The van der Waals surface area contributed by atoms with Crippen LogP contribution in [0.15, 0.2) is 48.5 Å². The molecule has 2 aromatic rings. The van der Waals surface area contributed by atoms with Gasteiger partial charge in [0, 0.05) is 38.2 Å². The Labute approximate surface area is 282 Å². The second-order valence-electron chi connectivity index (χ2n) is 12.6. The Morgan fingerprint density at radius 2 is 1.67 bits per heavy atom. The van der Waals surface area contributed by atoms with Gasteiger partial charge < -0.3 is 35.6 Å². The number of carbonyl (C=O) groups is 5. The summed E-state index contributed by atoms with van der Waals surface area (Å²) in [5.41, 5.74) is 2.00. The van der Waals surface area contributed by atoms with Gasteiger partial charge in [-0.25, -0.2) is 0 Å². The molecule has 4 N–H and O–H groups in total. The van der Waals surface area contributed by atoms with Crippen molar-refractivity contribution in [2.75, 3.05) is 26.8 Å². The first-order valence-corrected chi connectivity index (χ1v) is 16.9. The summed E-state index contributed by atoms with van der Waals surface area (Å²) in [6.45, 7) is 7.12. The first-order valence-electron chi connectivity index (χ1n) is 16.9. The van der Waals surface area contributed by atoms with Crippen LogP contribution in [0.1, 0.15) is 74.4 Å². The van der Waals surface area contributed by atoms with E-state index in [1.165, 1.54) is 0 Å². The van der Waals surface area contributed by atoms with Crippen LogP contribution >= 0.6 is 0 Å². The average Bonchev–Trinajstić information content (AvgIpc) is 3.64. The summed E-state index contributed by atoms with van der Waals surface area (Å²) < 4.78 is 10.9. The van der Waals surface area contributed by atoms with E-state index in [1.54, 1.807) is 55.3 Å². The number of hydrogen-bond acceptors (Lipinski definition) is 7. The Balaban J connectivity index is 1.59. The first kappa shape index (κ1) is 36.4. The standard InChI is InChI=1S/C36H49N5O7/c1-5-23(2)31-35(45)39-29(21-25-12-16-28(47-4)17-13-25)34(44)38-24(3)32(42)37-18-6-7-19-41(36(46)30-9-8-20-48-30)22-26-10-14-27(15-11-26)33(43)40-31/h10-17,23-24,29-31H,5-9,18-22H2,1-4H3,(H,37,42)(H,38,44)(H,39,45)(H,40,43)/t23-,24+,29-,30-,31?/m0/s1. The van der Waals surface area contributed by atoms with E-state index in [0.717, 1.165) is 17.5 Å². The minimum absolute atomic E-state index is 0.0697. The lowest BCUT2D eigenvalue weighted by molar-refractivity contribution is -0.141. The van der Waals surface area contributed by atoms with Gasteiger partial charge in [-0.15, -0.1) is 0 Å². The second kappa shape index (κ2) is 17.6. The predicted octanol–water partition coefficient (Wildman–Crippen LogP) is 2.49. The summed E-state index contributed by atoms with van der Waals surface area (Å²) in [6.07, 6.45) is 3.07. The van der Waals surface area contributed by atoms with Crippen LogP contribution in [0.25, 0.3) is 0 Å². The molecule has 260 valence electrons. The van der Waals surface area contributed by atoms with Gasteiger partial charge in [0.1, 0.15) is 30.0 Å². The lowest BCUT2D eigenvalue weighted by Crippen LogP contribution is -2.58. The van der Waals surface area contributed by atoms with Crippen molar-refractivity contribution in [2.45, 2.75) is 90.1 Å². The van der Waals surface area contributed by atoms with Crippen LogP contribution in [0.2, 0.25) is 0 Å². The van der Waals surface area contributed by atoms with E-state index in [4.69, 9.17) is 9.47 Å². The number of fused-ring (bicyclic) bond motifs is 18. The zero-order valence-electron chi connectivity index (χ0n) is 28.4. The number of carbonyl (C=O) groups excluding carboxylic acids is 5. The normalized spacial score (nSPS) is 24.0. The Hall–Kier alpha value is -4.45. The van der Waals surface area contributed by atoms with E-state index in [2.05, 4.69) is 21.3 Å². The van der Waals surface area contributed by atoms with Crippen molar-refractivity contribution in [1.29, 1.82) is 0 Å². The van der Waals surface area contributed by atoms with Crippen LogP contribution in [0.5, 0.6) is 5.75 Å². The van der Waals surface area contributed by atoms with Crippen molar-refractivity contribution < 1.29 is 33.4 Å². The molecule has 5 amide bonds. The van der Waals surface area contributed by atoms with E-state index in [9.17, 15) is 24.0 Å². The SMILES string of the molecule is CC[C@H](C)C1NC(=O)c2ccc(cc2)CN(C(=O)[C@@H]2CCCO2)CCCCNC(=O)[C@@H](C)NC(=O)[C@H](Cc2ccc(OC)cc2)NC1=O. The average molecular weight is 664 g/mol. The molecule has 1 unspecified atom stereocenters. The molecule has 0 spiro atoms. The lowest BCUT2D eigenvalue weighted by atomic mass is 9.96. The second-order valence-corrected chi connectivity index (χ2v) is 12.6. The third-order valence-electron chi connectivity index (χ3n) is 9.03. The van der Waals surface area contributed by atoms with Gasteiger partial charge >= 0.3 is 0 Å². The highest BCUT2D eigenvalue weighted by Crippen LogP contribution is 2.19. The zero-order valence-corrected chi connectivity index (χ0v) is 28.4. The fourth-order valence-corrected chi connectivity index (χ4v) is 5.79. The molecule has 0 saturated carbocycles. The third kappa shape index (κ3) is 10.0. The number of ether oxygens (including phenoxy) is 2. The lowest BCUT2D eigenvalue weighted by Gasteiger charge is -2.27. The van der Waals surface area contributed by atoms with Crippen LogP contribution in [0.3, 0.4) is 0 Å². The number of nitrogens with zero attached hydrogens (tertiary/aromatic N) is 1. The number of hydrogen-bond donors (Lipinski definition) is 4. The maximum Gasteiger partial charge on any atom is 0.251 e. The molecule has 0 radical (unpaired) electrons. The molecular weight excluding hydrogens is 614 g/mol. The predicted molar refractivity (Wildman–Crippen MR) is 180 cm³/mol. The van der Waals surface area contributed by atoms with E-state index >= 15 is 0 Å². The van der Waals surface area contributed by atoms with Gasteiger partial charge in [0.2, 0.25) is 17.7 Å². The summed E-state index contributed by atoms with van der Waals surface area (Å²) in [6, 6.07) is 11.3. The Morgan fingerprint density at radius 1 is 0.938 bits per heavy atom. The molecule has 3 heterocycles. The van der Waals surface area contributed by atoms with E-state index in [0.29, 0.717) is 63.2 Å². The molecule has 2 aromatic carbocycles. The molecule has 0 aromatic heterocycles. The molecule has 3 aliphatic heterocycles. The number of nitrogens with one attached hydrogen (secondary N) is 4. The molecule has 1 saturated heterocycles. The summed E-state index contributed by atoms with van der Waals surface area (Å²) in [5.74, 6) is -1.49. The van der Waals surface area contributed by atoms with Crippen LogP contribution in [0.4, 0.5) is 0 Å². The zero-order chi connectivity index (χ0) is 34.6. The minimum Gasteiger partial charge on any atom is -0.497 e. The van der Waals surface area contributed by atoms with Crippen molar-refractivity contribution >= 4 is 29.5 Å². The van der Waals surface area contributed by atoms with Gasteiger partial charge in [-0.05, 0) is 73.9 Å². The van der Waals surface area contributed by atoms with Crippen molar-refractivity contribution in [1.82, 2.24) is 26.2 Å². The summed E-state index contributed by atoms with van der Waals surface area (Å²) in [4.78, 5) is 68.8. The van der Waals surface area contributed by atoms with Crippen LogP contribution in [0, 0.1) is 5.92 Å². The monoisotopic (exact) mass is 663 g/mol. The minimum atomic E-state index is -1.02. The van der Waals surface area contributed by atoms with Crippen LogP contribution in [-0.2, 0) is 36.9 Å². The fraction of sp³-hybridized carbons (Fsp3) is 0.528. The van der Waals surface area contributed by atoms with Gasteiger partial charge in [-0.1, -0.05) is 44.5 Å². The number of rotatable bonds is 6. The molecule has 1 fully saturated rings. The maximum absolute atomic E-state index is 13.8. The van der Waals surface area contributed by atoms with Gasteiger partial charge in [0.25, 0.3) is 11.8 Å². The molecule has 3 aliphatic rings. The van der Waals surface area contributed by atoms with Crippen LogP contribution < -0.4 is 26.0 Å².